The second-order valence-electron chi connectivity index (χ2n) is 7.63. The number of carbonyl (C=O) groups excluding carboxylic acids is 2. The van der Waals surface area contributed by atoms with Gasteiger partial charge in [-0.1, -0.05) is 25.8 Å². The number of carbonyl (C=O) groups is 2. The van der Waals surface area contributed by atoms with Gasteiger partial charge in [0.05, 0.1) is 12.5 Å². The molecule has 1 aromatic rings. The van der Waals surface area contributed by atoms with E-state index in [0.717, 1.165) is 25.0 Å². The number of benzene rings is 1. The molecule has 0 aliphatic heterocycles. The molecule has 0 fully saturated rings. The third-order valence-electron chi connectivity index (χ3n) is 3.89. The maximum Gasteiger partial charge on any atom is 0.573 e. The van der Waals surface area contributed by atoms with Crippen LogP contribution in [0, 0.1) is 5.92 Å². The number of anilines is 1. The molecule has 1 aromatic carbocycles. The Morgan fingerprint density at radius 3 is 2.38 bits per heavy atom. The van der Waals surface area contributed by atoms with Crippen LogP contribution in [0.5, 0.6) is 5.75 Å². The topological polar surface area (TPSA) is 81.9 Å². The van der Waals surface area contributed by atoms with E-state index in [4.69, 9.17) is 10.5 Å². The summed E-state index contributed by atoms with van der Waals surface area (Å²) >= 11 is 0. The number of nitrogens with two attached hydrogens (primary N) is 1. The lowest BCUT2D eigenvalue weighted by Gasteiger charge is -2.29. The standard InChI is InChI=1S/C20H29F3N2O4/c1-5-6-8-14(18(27)29-19(2,3)4)13-25(17(26)12-24)15-9-7-10-16(11-15)28-20(21,22)23/h7,9-11,14H,5-6,8,12-13,24H2,1-4H3/t14-/m1/s1. The lowest BCUT2D eigenvalue weighted by molar-refractivity contribution is -0.274. The molecule has 0 aliphatic rings. The van der Waals surface area contributed by atoms with Crippen LogP contribution in [0.25, 0.3) is 0 Å². The van der Waals surface area contributed by atoms with Gasteiger partial charge >= 0.3 is 12.3 Å². The van der Waals surface area contributed by atoms with E-state index >= 15 is 0 Å². The molecule has 0 aromatic heterocycles. The first-order chi connectivity index (χ1) is 13.4. The van der Waals surface area contributed by atoms with Crippen molar-refractivity contribution in [2.75, 3.05) is 18.0 Å². The molecular weight excluding hydrogens is 389 g/mol. The van der Waals surface area contributed by atoms with Gasteiger partial charge in [0.2, 0.25) is 5.91 Å². The number of alkyl halides is 3. The number of hydrogen-bond acceptors (Lipinski definition) is 5. The molecule has 0 radical (unpaired) electrons. The fraction of sp³-hybridized carbons (Fsp3) is 0.600. The van der Waals surface area contributed by atoms with Crippen LogP contribution in [0.3, 0.4) is 0 Å². The first-order valence-corrected chi connectivity index (χ1v) is 9.45. The number of rotatable bonds is 9. The van der Waals surface area contributed by atoms with Crippen molar-refractivity contribution >= 4 is 17.6 Å². The summed E-state index contributed by atoms with van der Waals surface area (Å²) in [6.45, 7) is 6.76. The highest BCUT2D eigenvalue weighted by atomic mass is 19.4. The monoisotopic (exact) mass is 418 g/mol. The predicted octanol–water partition coefficient (Wildman–Crippen LogP) is 4.03. The number of nitrogens with zero attached hydrogens (tertiary/aromatic N) is 1. The van der Waals surface area contributed by atoms with Crippen molar-refractivity contribution < 1.29 is 32.2 Å². The Balaban J connectivity index is 3.16. The van der Waals surface area contributed by atoms with E-state index in [0.29, 0.717) is 6.42 Å². The number of esters is 1. The average Bonchev–Trinajstić information content (AvgIpc) is 2.58. The van der Waals surface area contributed by atoms with E-state index < -0.39 is 35.5 Å². The molecule has 0 heterocycles. The first kappa shape index (κ1) is 24.7. The van der Waals surface area contributed by atoms with Gasteiger partial charge in [0.25, 0.3) is 0 Å². The van der Waals surface area contributed by atoms with Crippen molar-refractivity contribution in [3.8, 4) is 5.75 Å². The van der Waals surface area contributed by atoms with Gasteiger partial charge in [-0.05, 0) is 39.3 Å². The third-order valence-corrected chi connectivity index (χ3v) is 3.89. The molecule has 2 N–H and O–H groups in total. The zero-order chi connectivity index (χ0) is 22.2. The molecule has 0 saturated carbocycles. The van der Waals surface area contributed by atoms with E-state index in [1.54, 1.807) is 20.8 Å². The minimum atomic E-state index is -4.86. The number of ether oxygens (including phenoxy) is 2. The summed E-state index contributed by atoms with van der Waals surface area (Å²) in [5.41, 5.74) is 4.94. The second kappa shape index (κ2) is 10.5. The van der Waals surface area contributed by atoms with Gasteiger partial charge in [-0.15, -0.1) is 13.2 Å². The maximum absolute atomic E-state index is 12.6. The zero-order valence-corrected chi connectivity index (χ0v) is 17.2. The quantitative estimate of drug-likeness (QED) is 0.613. The Morgan fingerprint density at radius 1 is 1.21 bits per heavy atom. The molecule has 164 valence electrons. The number of unbranched alkanes of at least 4 members (excludes halogenated alkanes) is 1. The van der Waals surface area contributed by atoms with Crippen molar-refractivity contribution in [3.63, 3.8) is 0 Å². The lowest BCUT2D eigenvalue weighted by atomic mass is 10.0. The van der Waals surface area contributed by atoms with E-state index in [1.807, 2.05) is 6.92 Å². The van der Waals surface area contributed by atoms with Gasteiger partial charge in [0, 0.05) is 18.3 Å². The fourth-order valence-electron chi connectivity index (χ4n) is 2.65. The number of hydrogen-bond donors (Lipinski definition) is 1. The van der Waals surface area contributed by atoms with Crippen molar-refractivity contribution in [1.82, 2.24) is 0 Å². The van der Waals surface area contributed by atoms with Gasteiger partial charge in [-0.3, -0.25) is 9.59 Å². The van der Waals surface area contributed by atoms with Gasteiger partial charge in [0.15, 0.2) is 0 Å². The Morgan fingerprint density at radius 2 is 1.86 bits per heavy atom. The summed E-state index contributed by atoms with van der Waals surface area (Å²) < 4.78 is 47.0. The van der Waals surface area contributed by atoms with Crippen LogP contribution in [0.1, 0.15) is 47.0 Å². The van der Waals surface area contributed by atoms with Crippen LogP contribution in [-0.4, -0.2) is 36.9 Å². The molecule has 9 heteroatoms. The predicted molar refractivity (Wildman–Crippen MR) is 103 cm³/mol. The zero-order valence-electron chi connectivity index (χ0n) is 17.2. The van der Waals surface area contributed by atoms with E-state index in [9.17, 15) is 22.8 Å². The molecule has 0 unspecified atom stereocenters. The molecular formula is C20H29F3N2O4. The van der Waals surface area contributed by atoms with E-state index in [1.165, 1.54) is 17.0 Å². The summed E-state index contributed by atoms with van der Waals surface area (Å²) in [7, 11) is 0. The Bertz CT molecular complexity index is 687. The largest absolute Gasteiger partial charge is 0.573 e. The summed E-state index contributed by atoms with van der Waals surface area (Å²) in [6.07, 6.45) is -2.83. The Hall–Kier alpha value is -2.29. The van der Waals surface area contributed by atoms with Crippen molar-refractivity contribution in [2.45, 2.75) is 58.9 Å². The van der Waals surface area contributed by atoms with Crippen LogP contribution in [0.15, 0.2) is 24.3 Å². The minimum absolute atomic E-state index is 0.0551. The van der Waals surface area contributed by atoms with E-state index in [2.05, 4.69) is 4.74 Å². The molecule has 1 amide bonds. The first-order valence-electron chi connectivity index (χ1n) is 9.45. The molecule has 1 atom stereocenters. The van der Waals surface area contributed by atoms with Crippen LogP contribution < -0.4 is 15.4 Å². The lowest BCUT2D eigenvalue weighted by Crippen LogP contribution is -2.42. The highest BCUT2D eigenvalue weighted by Crippen LogP contribution is 2.28. The minimum Gasteiger partial charge on any atom is -0.460 e. The van der Waals surface area contributed by atoms with Crippen LogP contribution >= 0.6 is 0 Å². The SMILES string of the molecule is CCCC[C@H](CN(C(=O)CN)c1cccc(OC(F)(F)F)c1)C(=O)OC(C)(C)C. The van der Waals surface area contributed by atoms with Crippen LogP contribution in [0.2, 0.25) is 0 Å². The van der Waals surface area contributed by atoms with Gasteiger partial charge in [0.1, 0.15) is 11.4 Å². The van der Waals surface area contributed by atoms with Crippen LogP contribution in [-0.2, 0) is 14.3 Å². The second-order valence-corrected chi connectivity index (χ2v) is 7.63. The number of halogens is 3. The highest BCUT2D eigenvalue weighted by molar-refractivity contribution is 5.95. The average molecular weight is 418 g/mol. The third kappa shape index (κ3) is 9.17. The molecule has 29 heavy (non-hydrogen) atoms. The summed E-state index contributed by atoms with van der Waals surface area (Å²) in [5.74, 6) is -2.10. The normalized spacial score (nSPS) is 13.0. The van der Waals surface area contributed by atoms with Crippen LogP contribution in [0.4, 0.5) is 18.9 Å². The Labute approximate surface area is 169 Å². The van der Waals surface area contributed by atoms with E-state index in [-0.39, 0.29) is 18.8 Å². The van der Waals surface area contributed by atoms with Gasteiger partial charge in [-0.25, -0.2) is 0 Å². The molecule has 0 saturated heterocycles. The molecule has 6 nitrogen and oxygen atoms in total. The molecule has 0 bridgehead atoms. The fourth-order valence-corrected chi connectivity index (χ4v) is 2.65. The molecule has 1 rings (SSSR count). The summed E-state index contributed by atoms with van der Waals surface area (Å²) in [6, 6.07) is 5.02. The van der Waals surface area contributed by atoms with Crippen molar-refractivity contribution in [3.05, 3.63) is 24.3 Å². The molecule has 0 aliphatic carbocycles. The van der Waals surface area contributed by atoms with Crippen molar-refractivity contribution in [1.29, 1.82) is 0 Å². The van der Waals surface area contributed by atoms with Gasteiger partial charge < -0.3 is 20.1 Å². The van der Waals surface area contributed by atoms with Crippen molar-refractivity contribution in [2.24, 2.45) is 11.7 Å². The smallest absolute Gasteiger partial charge is 0.460 e. The highest BCUT2D eigenvalue weighted by Gasteiger charge is 2.32. The Kier molecular flexibility index (Phi) is 8.94. The number of amides is 1. The molecule has 0 spiro atoms. The summed E-state index contributed by atoms with van der Waals surface area (Å²) in [5, 5.41) is 0. The maximum atomic E-state index is 12.6. The summed E-state index contributed by atoms with van der Waals surface area (Å²) in [4.78, 5) is 26.2. The van der Waals surface area contributed by atoms with Gasteiger partial charge in [-0.2, -0.15) is 0 Å².